The predicted octanol–water partition coefficient (Wildman–Crippen LogP) is 4.08. The maximum absolute atomic E-state index is 13.5. The number of pyridine rings is 1. The number of aromatic amines is 1. The predicted molar refractivity (Wildman–Crippen MR) is 79.3 cm³/mol. The molecule has 0 radical (unpaired) electrons. The first kappa shape index (κ1) is 15.3. The first-order valence-electron chi connectivity index (χ1n) is 6.98. The molecule has 2 heterocycles. The van der Waals surface area contributed by atoms with Gasteiger partial charge in [-0.05, 0) is 30.5 Å². The molecule has 0 amide bonds. The first-order valence-corrected chi connectivity index (χ1v) is 6.98. The van der Waals surface area contributed by atoms with Crippen LogP contribution in [0.4, 0.5) is 23.2 Å². The van der Waals surface area contributed by atoms with Crippen molar-refractivity contribution in [3.05, 3.63) is 59.1 Å². The van der Waals surface area contributed by atoms with E-state index in [1.165, 1.54) is 0 Å². The topological polar surface area (TPSA) is 40.7 Å². The average molecular weight is 323 g/mol. The third kappa shape index (κ3) is 2.74. The molecule has 0 aliphatic carbocycles. The summed E-state index contributed by atoms with van der Waals surface area (Å²) in [5.74, 6) is -6.40. The van der Waals surface area contributed by atoms with Gasteiger partial charge in [0.2, 0.25) is 11.6 Å². The van der Waals surface area contributed by atoms with Crippen molar-refractivity contribution in [1.82, 2.24) is 9.97 Å². The summed E-state index contributed by atoms with van der Waals surface area (Å²) in [6.45, 7) is 2.07. The largest absolute Gasteiger partial charge is 0.380 e. The number of hydrogen-bond acceptors (Lipinski definition) is 2. The second-order valence-electron chi connectivity index (χ2n) is 5.18. The second-order valence-corrected chi connectivity index (χ2v) is 5.18. The number of aryl methyl sites for hydroxylation is 1. The van der Waals surface area contributed by atoms with Gasteiger partial charge in [0, 0.05) is 23.6 Å². The fourth-order valence-electron chi connectivity index (χ4n) is 2.61. The number of nitrogens with one attached hydrogen (secondary N) is 2. The van der Waals surface area contributed by atoms with E-state index in [9.17, 15) is 17.6 Å². The van der Waals surface area contributed by atoms with E-state index in [4.69, 9.17) is 0 Å². The van der Waals surface area contributed by atoms with Crippen LogP contribution in [0.25, 0.3) is 10.9 Å². The van der Waals surface area contributed by atoms with Gasteiger partial charge in [-0.25, -0.2) is 0 Å². The lowest BCUT2D eigenvalue weighted by Crippen LogP contribution is -2.12. The summed E-state index contributed by atoms with van der Waals surface area (Å²) in [7, 11) is 0. The van der Waals surface area contributed by atoms with Crippen molar-refractivity contribution in [2.45, 2.75) is 13.3 Å². The van der Waals surface area contributed by atoms with Crippen LogP contribution < -0.4 is 5.32 Å². The van der Waals surface area contributed by atoms with Crippen molar-refractivity contribution < 1.29 is 17.6 Å². The molecule has 120 valence electrons. The van der Waals surface area contributed by atoms with E-state index in [2.05, 4.69) is 15.3 Å². The molecule has 0 spiro atoms. The van der Waals surface area contributed by atoms with Crippen molar-refractivity contribution >= 4 is 16.6 Å². The first-order chi connectivity index (χ1) is 11.0. The molecule has 0 unspecified atom stereocenters. The normalized spacial score (nSPS) is 11.2. The zero-order valence-electron chi connectivity index (χ0n) is 12.2. The zero-order chi connectivity index (χ0) is 16.6. The fourth-order valence-corrected chi connectivity index (χ4v) is 2.61. The van der Waals surface area contributed by atoms with Gasteiger partial charge >= 0.3 is 0 Å². The summed E-state index contributed by atoms with van der Waals surface area (Å²) in [6.07, 6.45) is 2.23. The van der Waals surface area contributed by atoms with E-state index < -0.39 is 29.2 Å². The van der Waals surface area contributed by atoms with Gasteiger partial charge < -0.3 is 10.3 Å². The molecule has 0 aliphatic rings. The van der Waals surface area contributed by atoms with Crippen molar-refractivity contribution in [3.63, 3.8) is 0 Å². The van der Waals surface area contributed by atoms with Gasteiger partial charge in [-0.15, -0.1) is 0 Å². The van der Waals surface area contributed by atoms with Crippen LogP contribution in [0.1, 0.15) is 11.1 Å². The third-order valence-electron chi connectivity index (χ3n) is 3.69. The molecule has 3 aromatic rings. The summed E-state index contributed by atoms with van der Waals surface area (Å²) in [5.41, 5.74) is 2.13. The molecule has 1 aromatic carbocycles. The molecule has 0 saturated heterocycles. The lowest BCUT2D eigenvalue weighted by atomic mass is 10.1. The van der Waals surface area contributed by atoms with E-state index in [1.807, 2.05) is 25.1 Å². The van der Waals surface area contributed by atoms with Crippen LogP contribution in [-0.4, -0.2) is 16.5 Å². The SMILES string of the molecule is Cc1cccc2[nH]cc(CCNc3c(F)c(F)nc(F)c3F)c12. The molecule has 0 saturated carbocycles. The van der Waals surface area contributed by atoms with Crippen molar-refractivity contribution in [2.75, 3.05) is 11.9 Å². The Labute approximate surface area is 129 Å². The minimum atomic E-state index is -1.67. The summed E-state index contributed by atoms with van der Waals surface area (Å²) in [6, 6.07) is 5.80. The van der Waals surface area contributed by atoms with E-state index in [0.717, 1.165) is 22.0 Å². The molecule has 0 aliphatic heterocycles. The maximum Gasteiger partial charge on any atom is 0.253 e. The number of hydrogen-bond donors (Lipinski definition) is 2. The van der Waals surface area contributed by atoms with Crippen molar-refractivity contribution in [3.8, 4) is 0 Å². The van der Waals surface area contributed by atoms with Crippen molar-refractivity contribution in [2.24, 2.45) is 0 Å². The molecule has 7 heteroatoms. The molecule has 3 nitrogen and oxygen atoms in total. The number of halogens is 4. The number of nitrogens with zero attached hydrogens (tertiary/aromatic N) is 1. The summed E-state index contributed by atoms with van der Waals surface area (Å²) in [5, 5.41) is 3.43. The van der Waals surface area contributed by atoms with Gasteiger partial charge in [-0.2, -0.15) is 22.5 Å². The van der Waals surface area contributed by atoms with E-state index in [-0.39, 0.29) is 6.54 Å². The molecule has 2 aromatic heterocycles. The monoisotopic (exact) mass is 323 g/mol. The Morgan fingerprint density at radius 2 is 1.78 bits per heavy atom. The van der Waals surface area contributed by atoms with Gasteiger partial charge in [0.05, 0.1) is 0 Å². The standard InChI is InChI=1S/C16H13F4N3/c1-8-3-2-4-10-11(8)9(7-22-10)5-6-21-14-12(17)15(19)23-16(20)13(14)18/h2-4,7,22H,5-6H2,1H3,(H,21,23). The maximum atomic E-state index is 13.5. The van der Waals surface area contributed by atoms with E-state index in [1.54, 1.807) is 6.20 Å². The van der Waals surface area contributed by atoms with Gasteiger partial charge in [0.25, 0.3) is 11.9 Å². The molecule has 0 bridgehead atoms. The number of anilines is 1. The summed E-state index contributed by atoms with van der Waals surface area (Å²) >= 11 is 0. The minimum absolute atomic E-state index is 0.109. The smallest absolute Gasteiger partial charge is 0.253 e. The third-order valence-corrected chi connectivity index (χ3v) is 3.69. The molecule has 2 N–H and O–H groups in total. The Balaban J connectivity index is 1.80. The van der Waals surface area contributed by atoms with Crippen LogP contribution in [-0.2, 0) is 6.42 Å². The van der Waals surface area contributed by atoms with E-state index >= 15 is 0 Å². The van der Waals surface area contributed by atoms with Gasteiger partial charge in [0.1, 0.15) is 5.69 Å². The lowest BCUT2D eigenvalue weighted by molar-refractivity contribution is 0.410. The Kier molecular flexibility index (Phi) is 3.94. The van der Waals surface area contributed by atoms with Crippen molar-refractivity contribution in [1.29, 1.82) is 0 Å². The summed E-state index contributed by atoms with van der Waals surface area (Å²) in [4.78, 5) is 5.63. The molecule has 23 heavy (non-hydrogen) atoms. The average Bonchev–Trinajstić information content (AvgIpc) is 2.93. The second kappa shape index (κ2) is 5.91. The number of aromatic nitrogens is 2. The fraction of sp³-hybridized carbons (Fsp3) is 0.188. The van der Waals surface area contributed by atoms with Gasteiger partial charge in [-0.3, -0.25) is 0 Å². The highest BCUT2D eigenvalue weighted by atomic mass is 19.2. The highest BCUT2D eigenvalue weighted by Gasteiger charge is 2.20. The van der Waals surface area contributed by atoms with Crippen LogP contribution in [0.15, 0.2) is 24.4 Å². The minimum Gasteiger partial charge on any atom is -0.380 e. The van der Waals surface area contributed by atoms with E-state index in [0.29, 0.717) is 6.42 Å². The Hall–Kier alpha value is -2.57. The van der Waals surface area contributed by atoms with Crippen LogP contribution in [0.5, 0.6) is 0 Å². The number of rotatable bonds is 4. The molecule has 3 rings (SSSR count). The van der Waals surface area contributed by atoms with Crippen LogP contribution in [0.2, 0.25) is 0 Å². The van der Waals surface area contributed by atoms with Gasteiger partial charge in [-0.1, -0.05) is 12.1 Å². The lowest BCUT2D eigenvalue weighted by Gasteiger charge is -2.09. The number of fused-ring (bicyclic) bond motifs is 1. The Morgan fingerprint density at radius 1 is 1.09 bits per heavy atom. The number of benzene rings is 1. The van der Waals surface area contributed by atoms with Crippen LogP contribution in [0.3, 0.4) is 0 Å². The molecule has 0 atom stereocenters. The molecular formula is C16H13F4N3. The number of H-pyrrole nitrogens is 1. The van der Waals surface area contributed by atoms with Crippen LogP contribution in [0, 0.1) is 30.5 Å². The quantitative estimate of drug-likeness (QED) is 0.561. The van der Waals surface area contributed by atoms with Crippen LogP contribution >= 0.6 is 0 Å². The van der Waals surface area contributed by atoms with Gasteiger partial charge in [0.15, 0.2) is 0 Å². The molecular weight excluding hydrogens is 310 g/mol. The zero-order valence-corrected chi connectivity index (χ0v) is 12.2. The summed E-state index contributed by atoms with van der Waals surface area (Å²) < 4.78 is 53.1. The Bertz CT molecular complexity index is 847. The Morgan fingerprint density at radius 3 is 2.48 bits per heavy atom. The molecule has 0 fully saturated rings. The highest BCUT2D eigenvalue weighted by molar-refractivity contribution is 5.86. The highest BCUT2D eigenvalue weighted by Crippen LogP contribution is 2.24.